The van der Waals surface area contributed by atoms with Gasteiger partial charge in [0.05, 0.1) is 18.8 Å². The molecule has 104 valence electrons. The molecule has 19 heavy (non-hydrogen) atoms. The highest BCUT2D eigenvalue weighted by Crippen LogP contribution is 2.24. The van der Waals surface area contributed by atoms with Crippen molar-refractivity contribution in [2.45, 2.75) is 25.5 Å². The monoisotopic (exact) mass is 283 g/mol. The quantitative estimate of drug-likeness (QED) is 0.921. The summed E-state index contributed by atoms with van der Waals surface area (Å²) in [4.78, 5) is 14.2. The van der Waals surface area contributed by atoms with Crippen LogP contribution >= 0.6 is 11.6 Å². The largest absolute Gasteiger partial charge is 0.394 e. The van der Waals surface area contributed by atoms with Gasteiger partial charge in [0.25, 0.3) is 5.91 Å². The zero-order valence-corrected chi connectivity index (χ0v) is 11.9. The Bertz CT molecular complexity index is 478. The molecule has 1 amide bonds. The molecule has 0 saturated carbocycles. The van der Waals surface area contributed by atoms with Crippen molar-refractivity contribution in [3.05, 3.63) is 34.3 Å². The van der Waals surface area contributed by atoms with Crippen LogP contribution < -0.4 is 0 Å². The Kier molecular flexibility index (Phi) is 4.45. The fourth-order valence-electron chi connectivity index (χ4n) is 2.49. The molecule has 2 atom stereocenters. The highest BCUT2D eigenvalue weighted by Gasteiger charge is 2.35. The van der Waals surface area contributed by atoms with Crippen molar-refractivity contribution in [2.75, 3.05) is 20.3 Å². The highest BCUT2D eigenvalue weighted by molar-refractivity contribution is 6.30. The van der Waals surface area contributed by atoms with E-state index in [1.165, 1.54) is 0 Å². The van der Waals surface area contributed by atoms with Crippen LogP contribution in [-0.2, 0) is 4.74 Å². The number of halogens is 1. The molecule has 1 aromatic rings. The lowest BCUT2D eigenvalue weighted by Crippen LogP contribution is -2.38. The van der Waals surface area contributed by atoms with Gasteiger partial charge in [0.15, 0.2) is 0 Å². The molecule has 1 saturated heterocycles. The Hall–Kier alpha value is -1.10. The van der Waals surface area contributed by atoms with Gasteiger partial charge in [-0.05, 0) is 37.1 Å². The summed E-state index contributed by atoms with van der Waals surface area (Å²) < 4.78 is 5.28. The SMILES string of the molecule is CO[C@H]1C[C@@H](CO)N(C(=O)c2ccc(Cl)cc2C)C1. The minimum absolute atomic E-state index is 0.00583. The number of aliphatic hydroxyl groups excluding tert-OH is 1. The lowest BCUT2D eigenvalue weighted by molar-refractivity contribution is 0.0647. The van der Waals surface area contributed by atoms with Gasteiger partial charge in [-0.15, -0.1) is 0 Å². The standard InChI is InChI=1S/C14H18ClNO3/c1-9-5-10(15)3-4-13(9)14(18)16-7-12(19-2)6-11(16)8-17/h3-5,11-12,17H,6-8H2,1-2H3/t11-,12-/m0/s1. The van der Waals surface area contributed by atoms with Crippen LogP contribution in [0, 0.1) is 6.92 Å². The Morgan fingerprint density at radius 1 is 1.58 bits per heavy atom. The molecule has 1 fully saturated rings. The minimum Gasteiger partial charge on any atom is -0.394 e. The number of hydrogen-bond donors (Lipinski definition) is 1. The first-order valence-corrected chi connectivity index (χ1v) is 6.65. The molecule has 0 spiro atoms. The summed E-state index contributed by atoms with van der Waals surface area (Å²) in [6, 6.07) is 5.04. The number of benzene rings is 1. The highest BCUT2D eigenvalue weighted by atomic mass is 35.5. The van der Waals surface area contributed by atoms with E-state index in [0.717, 1.165) is 5.56 Å². The number of nitrogens with zero attached hydrogens (tertiary/aromatic N) is 1. The lowest BCUT2D eigenvalue weighted by atomic mass is 10.1. The topological polar surface area (TPSA) is 49.8 Å². The smallest absolute Gasteiger partial charge is 0.254 e. The maximum Gasteiger partial charge on any atom is 0.254 e. The number of rotatable bonds is 3. The summed E-state index contributed by atoms with van der Waals surface area (Å²) >= 11 is 5.90. The number of amides is 1. The van der Waals surface area contributed by atoms with Gasteiger partial charge in [-0.2, -0.15) is 0 Å². The zero-order valence-electron chi connectivity index (χ0n) is 11.1. The van der Waals surface area contributed by atoms with E-state index in [2.05, 4.69) is 0 Å². The summed E-state index contributed by atoms with van der Waals surface area (Å²) in [5.41, 5.74) is 1.47. The van der Waals surface area contributed by atoms with Crippen molar-refractivity contribution in [3.63, 3.8) is 0 Å². The minimum atomic E-state index is -0.174. The lowest BCUT2D eigenvalue weighted by Gasteiger charge is -2.23. The normalized spacial score (nSPS) is 22.8. The molecule has 1 heterocycles. The van der Waals surface area contributed by atoms with Gasteiger partial charge in [-0.25, -0.2) is 0 Å². The first-order chi connectivity index (χ1) is 9.06. The van der Waals surface area contributed by atoms with Gasteiger partial charge in [0.2, 0.25) is 0 Å². The Labute approximate surface area is 117 Å². The summed E-state index contributed by atoms with van der Waals surface area (Å²) in [7, 11) is 1.63. The van der Waals surface area contributed by atoms with E-state index in [-0.39, 0.29) is 24.7 Å². The summed E-state index contributed by atoms with van der Waals surface area (Å²) in [5, 5.41) is 10.0. The molecule has 5 heteroatoms. The summed E-state index contributed by atoms with van der Waals surface area (Å²) in [6.45, 7) is 2.33. The van der Waals surface area contributed by atoms with Crippen LogP contribution in [0.1, 0.15) is 22.3 Å². The molecule has 2 rings (SSSR count). The van der Waals surface area contributed by atoms with Gasteiger partial charge in [0.1, 0.15) is 0 Å². The average molecular weight is 284 g/mol. The van der Waals surface area contributed by atoms with Gasteiger partial charge in [-0.1, -0.05) is 11.6 Å². The van der Waals surface area contributed by atoms with Crippen LogP contribution in [0.2, 0.25) is 5.02 Å². The predicted molar refractivity (Wildman–Crippen MR) is 73.5 cm³/mol. The van der Waals surface area contributed by atoms with E-state index >= 15 is 0 Å². The van der Waals surface area contributed by atoms with E-state index in [0.29, 0.717) is 23.6 Å². The molecule has 0 radical (unpaired) electrons. The number of carbonyl (C=O) groups excluding carboxylic acids is 1. The second-order valence-electron chi connectivity index (χ2n) is 4.85. The predicted octanol–water partition coefficient (Wildman–Crippen LogP) is 1.87. The van der Waals surface area contributed by atoms with Crippen LogP contribution in [0.5, 0.6) is 0 Å². The molecule has 0 aromatic heterocycles. The average Bonchev–Trinajstić information content (AvgIpc) is 2.81. The van der Waals surface area contributed by atoms with Gasteiger partial charge in [0, 0.05) is 24.2 Å². The van der Waals surface area contributed by atoms with Crippen LogP contribution in [-0.4, -0.2) is 48.3 Å². The van der Waals surface area contributed by atoms with Crippen molar-refractivity contribution < 1.29 is 14.6 Å². The second-order valence-corrected chi connectivity index (χ2v) is 5.28. The third-order valence-corrected chi connectivity index (χ3v) is 3.83. The number of ether oxygens (including phenoxy) is 1. The van der Waals surface area contributed by atoms with Gasteiger partial charge >= 0.3 is 0 Å². The van der Waals surface area contributed by atoms with Crippen molar-refractivity contribution in [1.82, 2.24) is 4.90 Å². The number of aryl methyl sites for hydroxylation is 1. The van der Waals surface area contributed by atoms with E-state index < -0.39 is 0 Å². The van der Waals surface area contributed by atoms with Crippen LogP contribution in [0.3, 0.4) is 0 Å². The number of methoxy groups -OCH3 is 1. The van der Waals surface area contributed by atoms with Crippen LogP contribution in [0.15, 0.2) is 18.2 Å². The van der Waals surface area contributed by atoms with Crippen molar-refractivity contribution in [3.8, 4) is 0 Å². The third kappa shape index (κ3) is 2.91. The Morgan fingerprint density at radius 2 is 2.32 bits per heavy atom. The summed E-state index contributed by atoms with van der Waals surface area (Å²) in [5.74, 6) is -0.0761. The zero-order chi connectivity index (χ0) is 14.0. The van der Waals surface area contributed by atoms with E-state index in [1.807, 2.05) is 6.92 Å². The molecule has 1 aromatic carbocycles. The molecule has 0 bridgehead atoms. The third-order valence-electron chi connectivity index (χ3n) is 3.60. The Balaban J connectivity index is 2.23. The first-order valence-electron chi connectivity index (χ1n) is 6.27. The Morgan fingerprint density at radius 3 is 2.89 bits per heavy atom. The molecule has 0 unspecified atom stereocenters. The summed E-state index contributed by atoms with van der Waals surface area (Å²) in [6.07, 6.45) is 0.666. The van der Waals surface area contributed by atoms with Gasteiger partial charge in [-0.3, -0.25) is 4.79 Å². The van der Waals surface area contributed by atoms with Gasteiger partial charge < -0.3 is 14.7 Å². The molecule has 1 aliphatic rings. The van der Waals surface area contributed by atoms with Crippen molar-refractivity contribution in [1.29, 1.82) is 0 Å². The molecule has 1 aliphatic heterocycles. The maximum atomic E-state index is 12.5. The molecular weight excluding hydrogens is 266 g/mol. The molecule has 0 aliphatic carbocycles. The number of hydrogen-bond acceptors (Lipinski definition) is 3. The molecular formula is C14H18ClNO3. The van der Waals surface area contributed by atoms with E-state index in [1.54, 1.807) is 30.2 Å². The van der Waals surface area contributed by atoms with Crippen LogP contribution in [0.25, 0.3) is 0 Å². The number of likely N-dealkylation sites (tertiary alicyclic amines) is 1. The second kappa shape index (κ2) is 5.90. The fourth-order valence-corrected chi connectivity index (χ4v) is 2.71. The van der Waals surface area contributed by atoms with Crippen molar-refractivity contribution in [2.24, 2.45) is 0 Å². The van der Waals surface area contributed by atoms with Crippen LogP contribution in [0.4, 0.5) is 0 Å². The first kappa shape index (κ1) is 14.3. The van der Waals surface area contributed by atoms with E-state index in [4.69, 9.17) is 16.3 Å². The number of carbonyl (C=O) groups is 1. The molecule has 1 N–H and O–H groups in total. The fraction of sp³-hybridized carbons (Fsp3) is 0.500. The van der Waals surface area contributed by atoms with Crippen molar-refractivity contribution >= 4 is 17.5 Å². The number of aliphatic hydroxyl groups is 1. The van der Waals surface area contributed by atoms with E-state index in [9.17, 15) is 9.90 Å². The maximum absolute atomic E-state index is 12.5. The molecule has 4 nitrogen and oxygen atoms in total.